The van der Waals surface area contributed by atoms with E-state index in [2.05, 4.69) is 20.9 Å². The Morgan fingerprint density at radius 3 is 1.67 bits per heavy atom. The van der Waals surface area contributed by atoms with Crippen LogP contribution in [0.25, 0.3) is 0 Å². The van der Waals surface area contributed by atoms with E-state index >= 15 is 0 Å². The maximum atomic E-state index is 3.71. The minimum Gasteiger partial charge on any atom is -0.303 e. The number of hydrogen-bond donors (Lipinski definition) is 0. The van der Waals surface area contributed by atoms with Crippen molar-refractivity contribution in [1.29, 1.82) is 0 Å². The summed E-state index contributed by atoms with van der Waals surface area (Å²) in [6.45, 7) is 6.29. The van der Waals surface area contributed by atoms with E-state index in [1.54, 1.807) is 0 Å². The summed E-state index contributed by atoms with van der Waals surface area (Å²) in [6.07, 6.45) is 0. The summed E-state index contributed by atoms with van der Waals surface area (Å²) < 4.78 is 0. The fraction of sp³-hybridized carbons (Fsp3) is 0.800. The Hall–Kier alpha value is -0.0400. The first-order chi connectivity index (χ1) is 2.81. The first kappa shape index (κ1) is 5.96. The molecule has 0 aromatic heterocycles. The molecule has 0 heterocycles. The zero-order chi connectivity index (χ0) is 4.99. The van der Waals surface area contributed by atoms with E-state index in [-0.39, 0.29) is 0 Å². The van der Waals surface area contributed by atoms with Crippen molar-refractivity contribution in [3.05, 3.63) is 7.05 Å². The van der Waals surface area contributed by atoms with Crippen LogP contribution in [0.5, 0.6) is 0 Å². The summed E-state index contributed by atoms with van der Waals surface area (Å²) in [4.78, 5) is 2.00. The SMILES string of the molecule is [CH2]N(CC)CC. The van der Waals surface area contributed by atoms with Crippen molar-refractivity contribution in [2.45, 2.75) is 13.8 Å². The Balaban J connectivity index is 2.75. The zero-order valence-corrected chi connectivity index (χ0v) is 4.57. The smallest absolute Gasteiger partial charge is 0.0109 e. The molecule has 0 unspecified atom stereocenters. The fourth-order valence-electron chi connectivity index (χ4n) is 0.224. The molecule has 6 heavy (non-hydrogen) atoms. The lowest BCUT2D eigenvalue weighted by molar-refractivity contribution is 0.413. The summed E-state index contributed by atoms with van der Waals surface area (Å²) in [5.74, 6) is 0. The third-order valence-electron chi connectivity index (χ3n) is 0.894. The molecule has 0 aromatic carbocycles. The first-order valence-corrected chi connectivity index (χ1v) is 2.36. The summed E-state index contributed by atoms with van der Waals surface area (Å²) >= 11 is 0. The maximum Gasteiger partial charge on any atom is 0.0109 e. The number of nitrogens with zero attached hydrogens (tertiary/aromatic N) is 1. The summed E-state index contributed by atoms with van der Waals surface area (Å²) in [6, 6.07) is 0. The van der Waals surface area contributed by atoms with E-state index in [4.69, 9.17) is 0 Å². The van der Waals surface area contributed by atoms with Gasteiger partial charge in [0.2, 0.25) is 0 Å². The van der Waals surface area contributed by atoms with Crippen LogP contribution in [0.1, 0.15) is 13.8 Å². The molecule has 0 spiro atoms. The van der Waals surface area contributed by atoms with Gasteiger partial charge in [0.05, 0.1) is 0 Å². The quantitative estimate of drug-likeness (QED) is 0.486. The molecule has 37 valence electrons. The van der Waals surface area contributed by atoms with Crippen molar-refractivity contribution in [2.75, 3.05) is 13.1 Å². The van der Waals surface area contributed by atoms with E-state index in [1.165, 1.54) is 0 Å². The molecule has 0 aliphatic carbocycles. The zero-order valence-electron chi connectivity index (χ0n) is 4.57. The summed E-state index contributed by atoms with van der Waals surface area (Å²) in [5, 5.41) is 0. The fourth-order valence-corrected chi connectivity index (χ4v) is 0.224. The third-order valence-corrected chi connectivity index (χ3v) is 0.894. The van der Waals surface area contributed by atoms with Crippen molar-refractivity contribution in [1.82, 2.24) is 4.90 Å². The Bertz CT molecular complexity index is 23.1. The minimum atomic E-state index is 1.05. The van der Waals surface area contributed by atoms with Crippen LogP contribution in [0.2, 0.25) is 0 Å². The molecule has 0 bridgehead atoms. The monoisotopic (exact) mass is 86.1 g/mol. The highest BCUT2D eigenvalue weighted by atomic mass is 15.1. The molecule has 0 rings (SSSR count). The lowest BCUT2D eigenvalue weighted by atomic mass is 10.6. The third kappa shape index (κ3) is 2.21. The van der Waals surface area contributed by atoms with Gasteiger partial charge in [0.25, 0.3) is 0 Å². The standard InChI is InChI=1S/C5H12N/c1-4-6(3)5-2/h3-5H2,1-2H3. The van der Waals surface area contributed by atoms with E-state index < -0.39 is 0 Å². The molecule has 1 radical (unpaired) electrons. The van der Waals surface area contributed by atoms with Crippen LogP contribution >= 0.6 is 0 Å². The van der Waals surface area contributed by atoms with Crippen LogP contribution < -0.4 is 0 Å². The maximum absolute atomic E-state index is 3.71. The predicted octanol–water partition coefficient (Wildman–Crippen LogP) is 1.12. The van der Waals surface area contributed by atoms with Crippen LogP contribution in [0.4, 0.5) is 0 Å². The van der Waals surface area contributed by atoms with E-state index in [0.29, 0.717) is 0 Å². The molecule has 0 amide bonds. The van der Waals surface area contributed by atoms with Gasteiger partial charge in [-0.05, 0) is 13.1 Å². The van der Waals surface area contributed by atoms with Crippen molar-refractivity contribution in [2.24, 2.45) is 0 Å². The van der Waals surface area contributed by atoms with Crippen LogP contribution in [0.15, 0.2) is 0 Å². The van der Waals surface area contributed by atoms with Gasteiger partial charge >= 0.3 is 0 Å². The van der Waals surface area contributed by atoms with Gasteiger partial charge < -0.3 is 4.90 Å². The molecule has 0 N–H and O–H groups in total. The minimum absolute atomic E-state index is 1.05. The van der Waals surface area contributed by atoms with Gasteiger partial charge in [-0.15, -0.1) is 0 Å². The van der Waals surface area contributed by atoms with Crippen molar-refractivity contribution >= 4 is 0 Å². The molecule has 0 aliphatic heterocycles. The Morgan fingerprint density at radius 2 is 1.67 bits per heavy atom. The predicted molar refractivity (Wildman–Crippen MR) is 28.3 cm³/mol. The van der Waals surface area contributed by atoms with E-state index in [1.807, 2.05) is 4.90 Å². The van der Waals surface area contributed by atoms with Gasteiger partial charge in [0.1, 0.15) is 0 Å². The average molecular weight is 86.2 g/mol. The van der Waals surface area contributed by atoms with Crippen LogP contribution in [-0.2, 0) is 0 Å². The number of rotatable bonds is 2. The summed E-state index contributed by atoms with van der Waals surface area (Å²) in [7, 11) is 3.71. The highest BCUT2D eigenvalue weighted by Gasteiger charge is 1.82. The topological polar surface area (TPSA) is 3.24 Å². The first-order valence-electron chi connectivity index (χ1n) is 2.36. The van der Waals surface area contributed by atoms with Crippen molar-refractivity contribution < 1.29 is 0 Å². The van der Waals surface area contributed by atoms with Crippen LogP contribution in [-0.4, -0.2) is 18.0 Å². The molecular weight excluding hydrogens is 74.1 g/mol. The van der Waals surface area contributed by atoms with Gasteiger partial charge in [0.15, 0.2) is 0 Å². The summed E-state index contributed by atoms with van der Waals surface area (Å²) in [5.41, 5.74) is 0. The molecule has 0 fully saturated rings. The average Bonchev–Trinajstić information content (AvgIpc) is 1.65. The Kier molecular flexibility index (Phi) is 3.14. The normalized spacial score (nSPS) is 10.0. The van der Waals surface area contributed by atoms with Crippen molar-refractivity contribution in [3.8, 4) is 0 Å². The highest BCUT2D eigenvalue weighted by molar-refractivity contribution is 4.43. The second kappa shape index (κ2) is 3.16. The van der Waals surface area contributed by atoms with E-state index in [0.717, 1.165) is 13.1 Å². The Labute approximate surface area is 40.0 Å². The van der Waals surface area contributed by atoms with Gasteiger partial charge in [-0.25, -0.2) is 0 Å². The molecule has 0 aromatic rings. The molecule has 0 saturated carbocycles. The number of hydrogen-bond acceptors (Lipinski definition) is 1. The molecule has 0 atom stereocenters. The van der Waals surface area contributed by atoms with E-state index in [9.17, 15) is 0 Å². The molecule has 0 aliphatic rings. The lowest BCUT2D eigenvalue weighted by Crippen LogP contribution is -2.12. The second-order valence-electron chi connectivity index (χ2n) is 1.30. The van der Waals surface area contributed by atoms with Gasteiger partial charge in [-0.2, -0.15) is 0 Å². The van der Waals surface area contributed by atoms with Gasteiger partial charge in [0, 0.05) is 7.05 Å². The molecule has 0 saturated heterocycles. The van der Waals surface area contributed by atoms with Gasteiger partial charge in [-0.1, -0.05) is 13.8 Å². The highest BCUT2D eigenvalue weighted by Crippen LogP contribution is 1.76. The van der Waals surface area contributed by atoms with Crippen molar-refractivity contribution in [3.63, 3.8) is 0 Å². The molecular formula is C5H12N. The Morgan fingerprint density at radius 1 is 1.33 bits per heavy atom. The van der Waals surface area contributed by atoms with Gasteiger partial charge in [-0.3, -0.25) is 0 Å². The molecule has 1 heteroatoms. The van der Waals surface area contributed by atoms with Crippen LogP contribution in [0, 0.1) is 7.05 Å². The largest absolute Gasteiger partial charge is 0.303 e. The van der Waals surface area contributed by atoms with Crippen LogP contribution in [0.3, 0.4) is 0 Å². The second-order valence-corrected chi connectivity index (χ2v) is 1.30. The molecule has 1 nitrogen and oxygen atoms in total. The lowest BCUT2D eigenvalue weighted by Gasteiger charge is -2.06.